The predicted octanol–water partition coefficient (Wildman–Crippen LogP) is 0.267. The number of sulfonamides is 1. The van der Waals surface area contributed by atoms with Crippen molar-refractivity contribution in [2.45, 2.75) is 37.6 Å². The maximum Gasteiger partial charge on any atom is 0.433 e. The van der Waals surface area contributed by atoms with Gasteiger partial charge in [-0.25, -0.2) is 22.5 Å². The first-order chi connectivity index (χ1) is 13.4. The Labute approximate surface area is 163 Å². The van der Waals surface area contributed by atoms with Crippen LogP contribution in [0.2, 0.25) is 0 Å². The van der Waals surface area contributed by atoms with E-state index in [1.807, 2.05) is 5.32 Å². The van der Waals surface area contributed by atoms with Crippen LogP contribution in [0.5, 0.6) is 6.01 Å². The Morgan fingerprint density at radius 3 is 2.52 bits per heavy atom. The summed E-state index contributed by atoms with van der Waals surface area (Å²) in [7, 11) is -3.88. The molecule has 0 aliphatic carbocycles. The van der Waals surface area contributed by atoms with Crippen LogP contribution >= 0.6 is 0 Å². The number of carbonyl (C=O) groups excluding carboxylic acids is 2. The van der Waals surface area contributed by atoms with Crippen molar-refractivity contribution in [3.63, 3.8) is 0 Å². The van der Waals surface area contributed by atoms with Crippen LogP contribution in [0.4, 0.5) is 18.0 Å². The topological polar surface area (TPSA) is 131 Å². The van der Waals surface area contributed by atoms with E-state index < -0.39 is 57.2 Å². The highest BCUT2D eigenvalue weighted by Gasteiger charge is 2.47. The second-order valence-electron chi connectivity index (χ2n) is 6.94. The number of rotatable bonds is 5. The van der Waals surface area contributed by atoms with E-state index in [2.05, 4.69) is 15.3 Å². The summed E-state index contributed by atoms with van der Waals surface area (Å²) >= 11 is 0. The first-order valence-corrected chi connectivity index (χ1v) is 10.2. The monoisotopic (exact) mass is 437 g/mol. The molecule has 2 N–H and O–H groups in total. The van der Waals surface area contributed by atoms with Gasteiger partial charge in [0, 0.05) is 19.3 Å². The predicted molar refractivity (Wildman–Crippen MR) is 91.1 cm³/mol. The highest BCUT2D eigenvalue weighted by Crippen LogP contribution is 2.28. The molecule has 3 heterocycles. The molecule has 2 saturated heterocycles. The quantitative estimate of drug-likeness (QED) is 0.632. The summed E-state index contributed by atoms with van der Waals surface area (Å²) in [4.78, 5) is 30.1. The first-order valence-electron chi connectivity index (χ1n) is 8.57. The van der Waals surface area contributed by atoms with Gasteiger partial charge in [-0.05, 0) is 25.8 Å². The van der Waals surface area contributed by atoms with Crippen molar-refractivity contribution in [1.29, 1.82) is 0 Å². The molecule has 0 aromatic carbocycles. The van der Waals surface area contributed by atoms with Crippen LogP contribution in [0.25, 0.3) is 0 Å². The Kier molecular flexibility index (Phi) is 5.42. The summed E-state index contributed by atoms with van der Waals surface area (Å²) < 4.78 is 69.9. The van der Waals surface area contributed by atoms with Gasteiger partial charge in [-0.1, -0.05) is 0 Å². The minimum Gasteiger partial charge on any atom is -0.460 e. The fourth-order valence-corrected chi connectivity index (χ4v) is 4.95. The average molecular weight is 437 g/mol. The third-order valence-corrected chi connectivity index (χ3v) is 6.67. The smallest absolute Gasteiger partial charge is 0.433 e. The number of alkyl halides is 3. The molecule has 14 heteroatoms. The highest BCUT2D eigenvalue weighted by atomic mass is 32.2. The standard InChI is InChI=1S/C15H18F3N5O5S/c1-14(11(24)21-12(25)22-14)8-29(26,27)23-6-3-9(4-7-23)28-13-19-5-2-10(20-13)15(16,17)18/h2,5,9H,3-4,6-8H2,1H3,(H2,21,22,24,25). The number of hydrogen-bond donors (Lipinski definition) is 2. The van der Waals surface area contributed by atoms with Gasteiger partial charge in [-0.15, -0.1) is 0 Å². The number of imide groups is 1. The van der Waals surface area contributed by atoms with Gasteiger partial charge in [-0.3, -0.25) is 10.1 Å². The third kappa shape index (κ3) is 4.75. The number of nitrogens with one attached hydrogen (secondary N) is 2. The fraction of sp³-hybridized carbons (Fsp3) is 0.600. The van der Waals surface area contributed by atoms with E-state index in [9.17, 15) is 31.2 Å². The van der Waals surface area contributed by atoms with Crippen LogP contribution in [0.1, 0.15) is 25.5 Å². The van der Waals surface area contributed by atoms with Crippen molar-refractivity contribution in [3.8, 4) is 6.01 Å². The number of halogens is 3. The molecule has 3 amide bonds. The molecule has 29 heavy (non-hydrogen) atoms. The van der Waals surface area contributed by atoms with Crippen LogP contribution in [0.3, 0.4) is 0 Å². The maximum absolute atomic E-state index is 12.7. The molecule has 2 fully saturated rings. The van der Waals surface area contributed by atoms with Gasteiger partial charge in [0.1, 0.15) is 11.6 Å². The van der Waals surface area contributed by atoms with E-state index in [-0.39, 0.29) is 25.9 Å². The Morgan fingerprint density at radius 1 is 1.31 bits per heavy atom. The highest BCUT2D eigenvalue weighted by molar-refractivity contribution is 7.89. The van der Waals surface area contributed by atoms with Gasteiger partial charge in [0.2, 0.25) is 10.0 Å². The SMILES string of the molecule is CC1(CS(=O)(=O)N2CCC(Oc3nccc(C(F)(F)F)n3)CC2)NC(=O)NC1=O. The van der Waals surface area contributed by atoms with Gasteiger partial charge >= 0.3 is 18.2 Å². The summed E-state index contributed by atoms with van der Waals surface area (Å²) in [5.74, 6) is -1.34. The van der Waals surface area contributed by atoms with Crippen molar-refractivity contribution in [3.05, 3.63) is 18.0 Å². The van der Waals surface area contributed by atoms with E-state index in [1.165, 1.54) is 6.92 Å². The molecule has 0 saturated carbocycles. The van der Waals surface area contributed by atoms with Gasteiger partial charge in [-0.2, -0.15) is 18.2 Å². The minimum absolute atomic E-state index is 0.0393. The summed E-state index contributed by atoms with van der Waals surface area (Å²) in [6.45, 7) is 1.39. The van der Waals surface area contributed by atoms with Crippen molar-refractivity contribution in [2.75, 3.05) is 18.8 Å². The van der Waals surface area contributed by atoms with E-state index in [0.29, 0.717) is 0 Å². The van der Waals surface area contributed by atoms with E-state index in [1.54, 1.807) is 0 Å². The molecule has 1 unspecified atom stereocenters. The molecule has 1 aromatic heterocycles. The van der Waals surface area contributed by atoms with Crippen molar-refractivity contribution >= 4 is 22.0 Å². The largest absolute Gasteiger partial charge is 0.460 e. The number of aromatic nitrogens is 2. The molecule has 0 spiro atoms. The lowest BCUT2D eigenvalue weighted by Gasteiger charge is -2.32. The van der Waals surface area contributed by atoms with Crippen LogP contribution in [-0.4, -0.2) is 65.1 Å². The fourth-order valence-electron chi connectivity index (χ4n) is 3.07. The zero-order valence-corrected chi connectivity index (χ0v) is 16.0. The molecule has 1 aromatic rings. The van der Waals surface area contributed by atoms with E-state index in [0.717, 1.165) is 16.6 Å². The Bertz CT molecular complexity index is 917. The summed E-state index contributed by atoms with van der Waals surface area (Å²) in [5, 5.41) is 4.29. The number of nitrogens with zero attached hydrogens (tertiary/aromatic N) is 3. The average Bonchev–Trinajstić information content (AvgIpc) is 2.85. The maximum atomic E-state index is 12.7. The van der Waals surface area contributed by atoms with Crippen LogP contribution in [0, 0.1) is 0 Å². The normalized spacial score (nSPS) is 24.3. The Morgan fingerprint density at radius 2 is 1.97 bits per heavy atom. The summed E-state index contributed by atoms with van der Waals surface area (Å²) in [5.41, 5.74) is -2.71. The van der Waals surface area contributed by atoms with E-state index >= 15 is 0 Å². The third-order valence-electron chi connectivity index (χ3n) is 4.58. The molecule has 1 atom stereocenters. The molecular formula is C15H18F3N5O5S. The molecule has 3 rings (SSSR count). The number of piperidine rings is 1. The molecule has 0 radical (unpaired) electrons. The minimum atomic E-state index is -4.63. The van der Waals surface area contributed by atoms with Gasteiger partial charge in [0.15, 0.2) is 5.69 Å². The molecule has 10 nitrogen and oxygen atoms in total. The molecular weight excluding hydrogens is 419 g/mol. The van der Waals surface area contributed by atoms with Crippen molar-refractivity contribution < 1.29 is 35.9 Å². The summed E-state index contributed by atoms with van der Waals surface area (Å²) in [6.07, 6.45) is -3.85. The lowest BCUT2D eigenvalue weighted by Crippen LogP contribution is -2.53. The van der Waals surface area contributed by atoms with Crippen LogP contribution in [0.15, 0.2) is 12.3 Å². The number of ether oxygens (including phenoxy) is 1. The number of amides is 3. The van der Waals surface area contributed by atoms with Crippen LogP contribution in [-0.2, 0) is 21.0 Å². The lowest BCUT2D eigenvalue weighted by molar-refractivity contribution is -0.141. The molecule has 160 valence electrons. The van der Waals surface area contributed by atoms with E-state index in [4.69, 9.17) is 4.74 Å². The second-order valence-corrected chi connectivity index (χ2v) is 8.90. The van der Waals surface area contributed by atoms with Crippen LogP contribution < -0.4 is 15.4 Å². The number of carbonyl (C=O) groups is 2. The zero-order chi connectivity index (χ0) is 21.4. The van der Waals surface area contributed by atoms with Gasteiger partial charge < -0.3 is 10.1 Å². The van der Waals surface area contributed by atoms with Crippen molar-refractivity contribution in [2.24, 2.45) is 0 Å². The Hall–Kier alpha value is -2.48. The van der Waals surface area contributed by atoms with Gasteiger partial charge in [0.25, 0.3) is 5.91 Å². The first kappa shape index (κ1) is 21.2. The van der Waals surface area contributed by atoms with Gasteiger partial charge in [0.05, 0.1) is 5.75 Å². The molecule has 0 bridgehead atoms. The Balaban J connectivity index is 1.59. The lowest BCUT2D eigenvalue weighted by atomic mass is 10.1. The zero-order valence-electron chi connectivity index (χ0n) is 15.2. The van der Waals surface area contributed by atoms with Crippen molar-refractivity contribution in [1.82, 2.24) is 24.9 Å². The molecule has 2 aliphatic heterocycles. The number of hydrogen-bond acceptors (Lipinski definition) is 7. The number of urea groups is 1. The summed E-state index contributed by atoms with van der Waals surface area (Å²) in [6, 6.07) is -0.472. The second kappa shape index (κ2) is 7.40. The molecule has 2 aliphatic rings.